The first-order valence-corrected chi connectivity index (χ1v) is 9.21. The zero-order valence-electron chi connectivity index (χ0n) is 15.5. The van der Waals surface area contributed by atoms with Gasteiger partial charge in [0.05, 0.1) is 5.92 Å². The highest BCUT2D eigenvalue weighted by Crippen LogP contribution is 2.22. The van der Waals surface area contributed by atoms with Gasteiger partial charge >= 0.3 is 0 Å². The predicted octanol–water partition coefficient (Wildman–Crippen LogP) is 4.05. The van der Waals surface area contributed by atoms with Gasteiger partial charge in [0.25, 0.3) is 0 Å². The summed E-state index contributed by atoms with van der Waals surface area (Å²) in [6, 6.07) is 15.6. The van der Waals surface area contributed by atoms with E-state index >= 15 is 0 Å². The molecule has 0 aromatic heterocycles. The molecule has 0 spiro atoms. The molecule has 0 bridgehead atoms. The number of carbonyl (C=O) groups excluding carboxylic acids is 2. The number of Topliss-reactive ketones (excluding diaryl/α,β-unsaturated/α-hetero) is 1. The van der Waals surface area contributed by atoms with E-state index in [0.29, 0.717) is 11.3 Å². The molecule has 1 aliphatic heterocycles. The van der Waals surface area contributed by atoms with Crippen LogP contribution in [0.1, 0.15) is 41.3 Å². The number of likely N-dealkylation sites (tertiary alicyclic amines) is 1. The number of nitrogens with zero attached hydrogens (tertiary/aromatic N) is 1. The minimum atomic E-state index is -0.0197. The molecule has 2 aromatic rings. The van der Waals surface area contributed by atoms with Crippen molar-refractivity contribution in [3.05, 3.63) is 65.2 Å². The minimum Gasteiger partial charge on any atom is -0.326 e. The Balaban J connectivity index is 1.62. The van der Waals surface area contributed by atoms with Gasteiger partial charge in [-0.1, -0.05) is 36.4 Å². The summed E-state index contributed by atoms with van der Waals surface area (Å²) in [5.41, 5.74) is 3.93. The summed E-state index contributed by atoms with van der Waals surface area (Å²) in [5.74, 6) is 0.0251. The fraction of sp³-hybridized carbons (Fsp3) is 0.364. The van der Waals surface area contributed by atoms with Gasteiger partial charge in [0, 0.05) is 24.3 Å². The highest BCUT2D eigenvalue weighted by molar-refractivity contribution is 5.97. The zero-order valence-corrected chi connectivity index (χ0v) is 15.5. The molecular weight excluding hydrogens is 324 g/mol. The van der Waals surface area contributed by atoms with E-state index in [2.05, 4.69) is 41.4 Å². The molecular formula is C22H26N2O2. The van der Waals surface area contributed by atoms with E-state index in [1.165, 1.54) is 18.1 Å². The van der Waals surface area contributed by atoms with Crippen molar-refractivity contribution in [1.82, 2.24) is 4.90 Å². The molecule has 136 valence electrons. The fourth-order valence-electron chi connectivity index (χ4n) is 3.50. The van der Waals surface area contributed by atoms with Crippen molar-refractivity contribution in [1.29, 1.82) is 0 Å². The molecule has 4 heteroatoms. The third-order valence-electron chi connectivity index (χ3n) is 5.07. The van der Waals surface area contributed by atoms with Crippen LogP contribution in [0.3, 0.4) is 0 Å². The molecule has 0 radical (unpaired) electrons. The molecule has 0 aliphatic carbocycles. The number of carbonyl (C=O) groups is 2. The first-order valence-electron chi connectivity index (χ1n) is 9.21. The fourth-order valence-corrected chi connectivity index (χ4v) is 3.50. The van der Waals surface area contributed by atoms with E-state index in [-0.39, 0.29) is 17.6 Å². The third kappa shape index (κ3) is 4.58. The maximum absolute atomic E-state index is 12.7. The Labute approximate surface area is 155 Å². The van der Waals surface area contributed by atoms with Crippen molar-refractivity contribution < 1.29 is 9.59 Å². The molecule has 1 aliphatic rings. The topological polar surface area (TPSA) is 49.4 Å². The van der Waals surface area contributed by atoms with Gasteiger partial charge in [0.2, 0.25) is 5.91 Å². The maximum atomic E-state index is 12.7. The van der Waals surface area contributed by atoms with Crippen molar-refractivity contribution in [2.24, 2.45) is 5.92 Å². The monoisotopic (exact) mass is 350 g/mol. The van der Waals surface area contributed by atoms with Crippen LogP contribution in [0.15, 0.2) is 48.5 Å². The van der Waals surface area contributed by atoms with E-state index in [1.54, 1.807) is 18.2 Å². The van der Waals surface area contributed by atoms with E-state index < -0.39 is 0 Å². The van der Waals surface area contributed by atoms with Crippen molar-refractivity contribution in [2.75, 3.05) is 18.4 Å². The van der Waals surface area contributed by atoms with Crippen LogP contribution < -0.4 is 5.32 Å². The van der Waals surface area contributed by atoms with Crippen LogP contribution in [0.2, 0.25) is 0 Å². The molecule has 1 fully saturated rings. The molecule has 3 rings (SSSR count). The van der Waals surface area contributed by atoms with E-state index in [4.69, 9.17) is 0 Å². The van der Waals surface area contributed by atoms with Gasteiger partial charge in [-0.05, 0) is 56.5 Å². The lowest BCUT2D eigenvalue weighted by molar-refractivity contribution is -0.121. The molecule has 1 unspecified atom stereocenters. The van der Waals surface area contributed by atoms with Gasteiger partial charge < -0.3 is 5.32 Å². The number of aryl methyl sites for hydroxylation is 1. The predicted molar refractivity (Wildman–Crippen MR) is 104 cm³/mol. The van der Waals surface area contributed by atoms with Crippen LogP contribution in [-0.4, -0.2) is 29.7 Å². The Bertz CT molecular complexity index is 800. The highest BCUT2D eigenvalue weighted by Gasteiger charge is 2.26. The van der Waals surface area contributed by atoms with Gasteiger partial charge in [0.1, 0.15) is 0 Å². The summed E-state index contributed by atoms with van der Waals surface area (Å²) in [6.45, 7) is 6.35. The smallest absolute Gasteiger partial charge is 0.228 e. The second-order valence-corrected chi connectivity index (χ2v) is 7.13. The standard InChI is InChI=1S/C22H26N2O2/c1-16-7-3-4-8-19(16)14-24-12-6-10-20(15-24)22(26)23-21-11-5-9-18(13-21)17(2)25/h3-5,7-9,11,13,20H,6,10,12,14-15H2,1-2H3,(H,23,26). The molecule has 26 heavy (non-hydrogen) atoms. The number of rotatable bonds is 5. The van der Waals surface area contributed by atoms with Crippen LogP contribution in [0.4, 0.5) is 5.69 Å². The summed E-state index contributed by atoms with van der Waals surface area (Å²) < 4.78 is 0. The Kier molecular flexibility index (Phi) is 5.84. The SMILES string of the molecule is CC(=O)c1cccc(NC(=O)C2CCCN(Cc3ccccc3C)C2)c1. The Morgan fingerprint density at radius 2 is 1.96 bits per heavy atom. The first kappa shape index (κ1) is 18.3. The van der Waals surface area contributed by atoms with Crippen molar-refractivity contribution in [2.45, 2.75) is 33.2 Å². The summed E-state index contributed by atoms with van der Waals surface area (Å²) in [7, 11) is 0. The number of ketones is 1. The lowest BCUT2D eigenvalue weighted by atomic mass is 9.96. The van der Waals surface area contributed by atoms with Crippen LogP contribution >= 0.6 is 0 Å². The van der Waals surface area contributed by atoms with Crippen LogP contribution in [0, 0.1) is 12.8 Å². The van der Waals surface area contributed by atoms with E-state index in [0.717, 1.165) is 32.5 Å². The normalized spacial score (nSPS) is 17.7. The Morgan fingerprint density at radius 1 is 1.15 bits per heavy atom. The van der Waals surface area contributed by atoms with E-state index in [9.17, 15) is 9.59 Å². The summed E-state index contributed by atoms with van der Waals surface area (Å²) >= 11 is 0. The summed E-state index contributed by atoms with van der Waals surface area (Å²) in [4.78, 5) is 26.6. The molecule has 2 aromatic carbocycles. The van der Waals surface area contributed by atoms with Crippen molar-refractivity contribution in [3.8, 4) is 0 Å². The highest BCUT2D eigenvalue weighted by atomic mass is 16.2. The quantitative estimate of drug-likeness (QED) is 0.828. The number of piperidine rings is 1. The van der Waals surface area contributed by atoms with Crippen molar-refractivity contribution in [3.63, 3.8) is 0 Å². The number of anilines is 1. The van der Waals surface area contributed by atoms with Crippen LogP contribution in [0.5, 0.6) is 0 Å². The number of nitrogens with one attached hydrogen (secondary N) is 1. The van der Waals surface area contributed by atoms with Crippen LogP contribution in [-0.2, 0) is 11.3 Å². The molecule has 0 saturated carbocycles. The van der Waals surface area contributed by atoms with Crippen molar-refractivity contribution >= 4 is 17.4 Å². The summed E-state index contributed by atoms with van der Waals surface area (Å²) in [5, 5.41) is 2.98. The van der Waals surface area contributed by atoms with E-state index in [1.807, 2.05) is 6.07 Å². The molecule has 1 heterocycles. The summed E-state index contributed by atoms with van der Waals surface area (Å²) in [6.07, 6.45) is 1.93. The number of hydrogen-bond donors (Lipinski definition) is 1. The largest absolute Gasteiger partial charge is 0.326 e. The second kappa shape index (κ2) is 8.28. The Hall–Kier alpha value is -2.46. The molecule has 4 nitrogen and oxygen atoms in total. The lowest BCUT2D eigenvalue weighted by Crippen LogP contribution is -2.40. The Morgan fingerprint density at radius 3 is 2.73 bits per heavy atom. The van der Waals surface area contributed by atoms with Gasteiger partial charge in [-0.15, -0.1) is 0 Å². The number of amides is 1. The third-order valence-corrected chi connectivity index (χ3v) is 5.07. The first-order chi connectivity index (χ1) is 12.5. The molecule has 1 N–H and O–H groups in total. The van der Waals surface area contributed by atoms with Gasteiger partial charge in [0.15, 0.2) is 5.78 Å². The van der Waals surface area contributed by atoms with Gasteiger partial charge in [-0.2, -0.15) is 0 Å². The van der Waals surface area contributed by atoms with Gasteiger partial charge in [-0.3, -0.25) is 14.5 Å². The molecule has 1 saturated heterocycles. The second-order valence-electron chi connectivity index (χ2n) is 7.13. The van der Waals surface area contributed by atoms with Crippen LogP contribution in [0.25, 0.3) is 0 Å². The average molecular weight is 350 g/mol. The molecule has 1 amide bonds. The minimum absolute atomic E-state index is 0.00294. The van der Waals surface area contributed by atoms with Gasteiger partial charge in [-0.25, -0.2) is 0 Å². The lowest BCUT2D eigenvalue weighted by Gasteiger charge is -2.32. The number of benzene rings is 2. The molecule has 1 atom stereocenters. The maximum Gasteiger partial charge on any atom is 0.228 e. The number of hydrogen-bond acceptors (Lipinski definition) is 3. The average Bonchev–Trinajstić information content (AvgIpc) is 2.64. The zero-order chi connectivity index (χ0) is 18.5.